The summed E-state index contributed by atoms with van der Waals surface area (Å²) in [6.07, 6.45) is 8.76. The molecule has 0 aromatic heterocycles. The van der Waals surface area contributed by atoms with Crippen molar-refractivity contribution in [1.82, 2.24) is 21.3 Å². The maximum Gasteiger partial charge on any atom is 0.150 e. The molecule has 1 aliphatic carbocycles. The zero-order valence-electron chi connectivity index (χ0n) is 16.2. The van der Waals surface area contributed by atoms with Crippen molar-refractivity contribution >= 4 is 9.84 Å². The van der Waals surface area contributed by atoms with Crippen LogP contribution in [-0.2, 0) is 14.6 Å². The molecular weight excluding hydrogens is 352 g/mol. The van der Waals surface area contributed by atoms with Gasteiger partial charge in [0, 0.05) is 38.5 Å². The van der Waals surface area contributed by atoms with E-state index in [1.54, 1.807) is 7.11 Å². The minimum absolute atomic E-state index is 0.0396. The zero-order valence-corrected chi connectivity index (χ0v) is 17.0. The highest BCUT2D eigenvalue weighted by atomic mass is 32.2. The van der Waals surface area contributed by atoms with Crippen molar-refractivity contribution in [1.29, 1.82) is 0 Å². The molecule has 2 saturated heterocycles. The number of ether oxygens (including phenoxy) is 1. The first-order chi connectivity index (χ1) is 12.5. The Kier molecular flexibility index (Phi) is 7.32. The Morgan fingerprint density at radius 3 is 2.46 bits per heavy atom. The van der Waals surface area contributed by atoms with Crippen LogP contribution < -0.4 is 21.3 Å². The number of hydrogen-bond donors (Lipinski definition) is 4. The number of methoxy groups -OCH3 is 1. The number of piperidine rings is 1. The van der Waals surface area contributed by atoms with E-state index in [2.05, 4.69) is 21.3 Å². The van der Waals surface area contributed by atoms with Gasteiger partial charge in [-0.3, -0.25) is 16.0 Å². The number of sulfone groups is 1. The summed E-state index contributed by atoms with van der Waals surface area (Å²) in [5.74, 6) is 0.524. The van der Waals surface area contributed by atoms with Crippen molar-refractivity contribution < 1.29 is 13.2 Å². The fraction of sp³-hybridized carbons (Fsp3) is 1.00. The molecule has 2 aliphatic heterocycles. The molecule has 0 aromatic carbocycles. The molecule has 1 saturated carbocycles. The maximum absolute atomic E-state index is 11.8. The molecule has 0 bridgehead atoms. The largest absolute Gasteiger partial charge is 0.364 e. The molecule has 0 amide bonds. The Labute approximate surface area is 158 Å². The summed E-state index contributed by atoms with van der Waals surface area (Å²) in [5.41, 5.74) is 0. The van der Waals surface area contributed by atoms with Crippen LogP contribution in [0.5, 0.6) is 0 Å². The second kappa shape index (κ2) is 9.30. The predicted molar refractivity (Wildman–Crippen MR) is 104 cm³/mol. The molecule has 26 heavy (non-hydrogen) atoms. The number of piperazine rings is 1. The summed E-state index contributed by atoms with van der Waals surface area (Å²) < 4.78 is 29.2. The highest BCUT2D eigenvalue weighted by Gasteiger charge is 2.37. The Balaban J connectivity index is 1.50. The summed E-state index contributed by atoms with van der Waals surface area (Å²) in [4.78, 5) is 0. The smallest absolute Gasteiger partial charge is 0.150 e. The third-order valence-electron chi connectivity index (χ3n) is 6.38. The van der Waals surface area contributed by atoms with Crippen LogP contribution in [0.4, 0.5) is 0 Å². The van der Waals surface area contributed by atoms with Crippen LogP contribution in [0.3, 0.4) is 0 Å². The van der Waals surface area contributed by atoms with Crippen LogP contribution in [0, 0.1) is 5.92 Å². The Bertz CT molecular complexity index is 531. The quantitative estimate of drug-likeness (QED) is 0.516. The van der Waals surface area contributed by atoms with Crippen LogP contribution in [0.25, 0.3) is 0 Å². The molecule has 3 rings (SSSR count). The molecular formula is C18H36N4O3S. The van der Waals surface area contributed by atoms with Crippen molar-refractivity contribution in [2.75, 3.05) is 33.0 Å². The molecule has 7 nitrogen and oxygen atoms in total. The SMILES string of the molecule is COC1NCC(C2CCC(S(C)(=O)=O)CC2)NC1NCC1CCCCN1. The monoisotopic (exact) mass is 388 g/mol. The van der Waals surface area contributed by atoms with E-state index in [0.29, 0.717) is 18.0 Å². The van der Waals surface area contributed by atoms with Crippen LogP contribution in [-0.4, -0.2) is 71.1 Å². The van der Waals surface area contributed by atoms with Gasteiger partial charge >= 0.3 is 0 Å². The van der Waals surface area contributed by atoms with E-state index in [1.165, 1.54) is 25.5 Å². The minimum Gasteiger partial charge on any atom is -0.364 e. The average molecular weight is 389 g/mol. The molecule has 0 spiro atoms. The molecule has 3 aliphatic rings. The topological polar surface area (TPSA) is 91.5 Å². The van der Waals surface area contributed by atoms with Gasteiger partial charge in [-0.25, -0.2) is 8.42 Å². The van der Waals surface area contributed by atoms with Crippen LogP contribution >= 0.6 is 0 Å². The standard InChI is InChI=1S/C18H36N4O3S/c1-25-18-17(20-11-14-5-3-4-10-19-14)22-16(12-21-18)13-6-8-15(9-7-13)26(2,23)24/h13-22H,3-12H2,1-2H3. The average Bonchev–Trinajstić information content (AvgIpc) is 2.66. The highest BCUT2D eigenvalue weighted by molar-refractivity contribution is 7.91. The van der Waals surface area contributed by atoms with Crippen molar-refractivity contribution in [3.05, 3.63) is 0 Å². The lowest BCUT2D eigenvalue weighted by molar-refractivity contribution is -0.00424. The second-order valence-corrected chi connectivity index (χ2v) is 10.6. The molecule has 152 valence electrons. The van der Waals surface area contributed by atoms with Gasteiger partial charge < -0.3 is 10.1 Å². The van der Waals surface area contributed by atoms with Gasteiger partial charge in [-0.2, -0.15) is 0 Å². The van der Waals surface area contributed by atoms with E-state index in [0.717, 1.165) is 45.3 Å². The fourth-order valence-electron chi connectivity index (χ4n) is 4.71. The van der Waals surface area contributed by atoms with Crippen molar-refractivity contribution in [2.24, 2.45) is 5.92 Å². The minimum atomic E-state index is -2.90. The van der Waals surface area contributed by atoms with Gasteiger partial charge in [0.1, 0.15) is 16.1 Å². The lowest BCUT2D eigenvalue weighted by atomic mass is 9.83. The third-order valence-corrected chi connectivity index (χ3v) is 8.06. The second-order valence-electron chi connectivity index (χ2n) is 8.24. The summed E-state index contributed by atoms with van der Waals surface area (Å²) in [5, 5.41) is 14.3. The van der Waals surface area contributed by atoms with Gasteiger partial charge in [0.15, 0.2) is 0 Å². The van der Waals surface area contributed by atoms with Crippen molar-refractivity contribution in [3.63, 3.8) is 0 Å². The third kappa shape index (κ3) is 5.39. The van der Waals surface area contributed by atoms with Gasteiger partial charge in [0.2, 0.25) is 0 Å². The molecule has 0 radical (unpaired) electrons. The number of hydrogen-bond acceptors (Lipinski definition) is 7. The van der Waals surface area contributed by atoms with Crippen LogP contribution in [0.2, 0.25) is 0 Å². The first-order valence-electron chi connectivity index (χ1n) is 10.1. The van der Waals surface area contributed by atoms with E-state index in [4.69, 9.17) is 4.74 Å². The normalized spacial score (nSPS) is 39.6. The van der Waals surface area contributed by atoms with Crippen LogP contribution in [0.1, 0.15) is 44.9 Å². The molecule has 4 atom stereocenters. The lowest BCUT2D eigenvalue weighted by Gasteiger charge is -2.43. The number of rotatable bonds is 6. The summed E-state index contributed by atoms with van der Waals surface area (Å²) >= 11 is 0. The highest BCUT2D eigenvalue weighted by Crippen LogP contribution is 2.31. The van der Waals surface area contributed by atoms with Gasteiger partial charge in [-0.1, -0.05) is 6.42 Å². The van der Waals surface area contributed by atoms with Crippen molar-refractivity contribution in [2.45, 2.75) is 74.7 Å². The van der Waals surface area contributed by atoms with Crippen molar-refractivity contribution in [3.8, 4) is 0 Å². The lowest BCUT2D eigenvalue weighted by Crippen LogP contribution is -2.69. The van der Waals surface area contributed by atoms with Gasteiger partial charge in [0.25, 0.3) is 0 Å². The molecule has 0 aromatic rings. The van der Waals surface area contributed by atoms with E-state index in [9.17, 15) is 8.42 Å². The molecule has 8 heteroatoms. The summed E-state index contributed by atoms with van der Waals surface area (Å²) in [6.45, 7) is 2.92. The first-order valence-corrected chi connectivity index (χ1v) is 12.1. The summed E-state index contributed by atoms with van der Waals surface area (Å²) in [6, 6.07) is 0.896. The van der Waals surface area contributed by atoms with E-state index < -0.39 is 9.84 Å². The van der Waals surface area contributed by atoms with E-state index in [1.807, 2.05) is 0 Å². The molecule has 2 heterocycles. The van der Waals surface area contributed by atoms with Crippen LogP contribution in [0.15, 0.2) is 0 Å². The number of nitrogens with one attached hydrogen (secondary N) is 4. The zero-order chi connectivity index (χ0) is 18.6. The van der Waals surface area contributed by atoms with E-state index in [-0.39, 0.29) is 17.6 Å². The molecule has 4 unspecified atom stereocenters. The van der Waals surface area contributed by atoms with Gasteiger partial charge in [-0.15, -0.1) is 0 Å². The maximum atomic E-state index is 11.8. The predicted octanol–water partition coefficient (Wildman–Crippen LogP) is 0.182. The summed E-state index contributed by atoms with van der Waals surface area (Å²) in [7, 11) is -1.16. The molecule has 4 N–H and O–H groups in total. The van der Waals surface area contributed by atoms with Gasteiger partial charge in [-0.05, 0) is 51.0 Å². The molecule has 3 fully saturated rings. The Morgan fingerprint density at radius 1 is 1.08 bits per heavy atom. The Morgan fingerprint density at radius 2 is 1.85 bits per heavy atom. The Hall–Kier alpha value is -0.250. The fourth-order valence-corrected chi connectivity index (χ4v) is 5.84. The van der Waals surface area contributed by atoms with E-state index >= 15 is 0 Å². The van der Waals surface area contributed by atoms with Gasteiger partial charge in [0.05, 0.1) is 11.4 Å². The first kappa shape index (κ1) is 20.5.